The third-order valence-electron chi connectivity index (χ3n) is 3.29. The molecule has 2 nitrogen and oxygen atoms in total. The first kappa shape index (κ1) is 12.7. The zero-order chi connectivity index (χ0) is 12.6. The van der Waals surface area contributed by atoms with Gasteiger partial charge in [-0.1, -0.05) is 12.1 Å². The number of halogens is 1. The van der Waals surface area contributed by atoms with E-state index in [1.54, 1.807) is 0 Å². The van der Waals surface area contributed by atoms with Crippen LogP contribution in [0.4, 0.5) is 0 Å². The summed E-state index contributed by atoms with van der Waals surface area (Å²) in [6.45, 7) is 6.62. The Morgan fingerprint density at radius 3 is 2.53 bits per heavy atom. The van der Waals surface area contributed by atoms with Crippen molar-refractivity contribution in [1.29, 1.82) is 0 Å². The number of benzene rings is 1. The van der Waals surface area contributed by atoms with Crippen molar-refractivity contribution in [3.05, 3.63) is 34.4 Å². The highest BCUT2D eigenvalue weighted by Gasteiger charge is 2.15. The molecule has 0 saturated carbocycles. The molecule has 0 saturated heterocycles. The quantitative estimate of drug-likeness (QED) is 0.895. The third kappa shape index (κ3) is 2.14. The number of para-hydroxylation sites is 1. The maximum Gasteiger partial charge on any atom is 0.0630 e. The molecule has 0 bridgehead atoms. The molecular weight excluding hydrogens is 276 g/mol. The predicted molar refractivity (Wildman–Crippen MR) is 77.5 cm³/mol. The van der Waals surface area contributed by atoms with Crippen LogP contribution in [0.5, 0.6) is 0 Å². The Kier molecular flexibility index (Phi) is 3.59. The first-order valence-electron chi connectivity index (χ1n) is 6.02. The van der Waals surface area contributed by atoms with Crippen molar-refractivity contribution in [2.45, 2.75) is 32.9 Å². The summed E-state index contributed by atoms with van der Waals surface area (Å²) >= 11 is 3.66. The minimum Gasteiger partial charge on any atom is -0.344 e. The molecule has 0 fully saturated rings. The van der Waals surface area contributed by atoms with Gasteiger partial charge < -0.3 is 9.88 Å². The van der Waals surface area contributed by atoms with E-state index in [0.717, 1.165) is 0 Å². The van der Waals surface area contributed by atoms with Crippen molar-refractivity contribution in [2.75, 3.05) is 7.05 Å². The third-order valence-corrected chi connectivity index (χ3v) is 3.93. The van der Waals surface area contributed by atoms with E-state index in [9.17, 15) is 0 Å². The number of hydrogen-bond donors (Lipinski definition) is 1. The average molecular weight is 295 g/mol. The number of hydrogen-bond acceptors (Lipinski definition) is 1. The largest absolute Gasteiger partial charge is 0.344 e. The summed E-state index contributed by atoms with van der Waals surface area (Å²) in [5, 5.41) is 4.65. The minimum absolute atomic E-state index is 0.367. The van der Waals surface area contributed by atoms with E-state index in [1.807, 2.05) is 7.05 Å². The smallest absolute Gasteiger partial charge is 0.0630 e. The van der Waals surface area contributed by atoms with Crippen LogP contribution in [0, 0.1) is 0 Å². The molecule has 0 aliphatic rings. The Hall–Kier alpha value is -0.800. The molecule has 1 heterocycles. The molecule has 17 heavy (non-hydrogen) atoms. The fourth-order valence-corrected chi connectivity index (χ4v) is 2.77. The Morgan fingerprint density at radius 1 is 1.24 bits per heavy atom. The second kappa shape index (κ2) is 4.83. The molecular formula is C14H19BrN2. The molecule has 0 radical (unpaired) electrons. The zero-order valence-corrected chi connectivity index (χ0v) is 12.4. The van der Waals surface area contributed by atoms with Crippen molar-refractivity contribution < 1.29 is 0 Å². The predicted octanol–water partition coefficient (Wildman–Crippen LogP) is 4.27. The summed E-state index contributed by atoms with van der Waals surface area (Å²) in [6, 6.07) is 7.24. The Morgan fingerprint density at radius 2 is 1.94 bits per heavy atom. The van der Waals surface area contributed by atoms with Gasteiger partial charge in [-0.05, 0) is 55.4 Å². The lowest BCUT2D eigenvalue weighted by Crippen LogP contribution is -2.11. The summed E-state index contributed by atoms with van der Waals surface area (Å²) in [5.41, 5.74) is 2.65. The summed E-state index contributed by atoms with van der Waals surface area (Å²) in [7, 11) is 2.00. The Bertz CT molecular complexity index is 528. The van der Waals surface area contributed by atoms with Gasteiger partial charge in [0.05, 0.1) is 5.52 Å². The van der Waals surface area contributed by atoms with Gasteiger partial charge in [0, 0.05) is 28.1 Å². The standard InChI is InChI=1S/C14H19BrN2/c1-9(2)17-8-12(10(3)16-4)11-6-5-7-13(15)14(11)17/h5-10,16H,1-4H3. The summed E-state index contributed by atoms with van der Waals surface area (Å²) in [5.74, 6) is 0. The highest BCUT2D eigenvalue weighted by atomic mass is 79.9. The van der Waals surface area contributed by atoms with Gasteiger partial charge in [0.1, 0.15) is 0 Å². The first-order valence-corrected chi connectivity index (χ1v) is 6.81. The number of aromatic nitrogens is 1. The van der Waals surface area contributed by atoms with Gasteiger partial charge >= 0.3 is 0 Å². The van der Waals surface area contributed by atoms with Crippen LogP contribution in [0.3, 0.4) is 0 Å². The van der Waals surface area contributed by atoms with E-state index < -0.39 is 0 Å². The lowest BCUT2D eigenvalue weighted by atomic mass is 10.1. The van der Waals surface area contributed by atoms with Crippen LogP contribution in [0.1, 0.15) is 38.4 Å². The van der Waals surface area contributed by atoms with Gasteiger partial charge in [-0.25, -0.2) is 0 Å². The van der Waals surface area contributed by atoms with E-state index in [-0.39, 0.29) is 0 Å². The molecule has 1 aromatic carbocycles. The monoisotopic (exact) mass is 294 g/mol. The molecule has 1 aromatic heterocycles. The van der Waals surface area contributed by atoms with Crippen LogP contribution in [0.2, 0.25) is 0 Å². The zero-order valence-electron chi connectivity index (χ0n) is 10.8. The highest BCUT2D eigenvalue weighted by Crippen LogP contribution is 2.33. The molecule has 2 aromatic rings. The van der Waals surface area contributed by atoms with Crippen LogP contribution in [-0.2, 0) is 0 Å². The van der Waals surface area contributed by atoms with Crippen molar-refractivity contribution >= 4 is 26.8 Å². The van der Waals surface area contributed by atoms with Gasteiger partial charge in [-0.2, -0.15) is 0 Å². The molecule has 2 rings (SSSR count). The number of fused-ring (bicyclic) bond motifs is 1. The molecule has 0 amide bonds. The first-order chi connectivity index (χ1) is 8.06. The lowest BCUT2D eigenvalue weighted by Gasteiger charge is -2.10. The van der Waals surface area contributed by atoms with Gasteiger partial charge in [-0.15, -0.1) is 0 Å². The lowest BCUT2D eigenvalue weighted by molar-refractivity contribution is 0.607. The summed E-state index contributed by atoms with van der Waals surface area (Å²) in [4.78, 5) is 0. The second-order valence-corrected chi connectivity index (χ2v) is 5.59. The fraction of sp³-hybridized carbons (Fsp3) is 0.429. The number of rotatable bonds is 3. The van der Waals surface area contributed by atoms with E-state index >= 15 is 0 Å². The summed E-state index contributed by atoms with van der Waals surface area (Å²) < 4.78 is 3.50. The molecule has 1 unspecified atom stereocenters. The topological polar surface area (TPSA) is 17.0 Å². The van der Waals surface area contributed by atoms with Crippen molar-refractivity contribution in [2.24, 2.45) is 0 Å². The number of nitrogens with one attached hydrogen (secondary N) is 1. The van der Waals surface area contributed by atoms with Crippen LogP contribution in [0.15, 0.2) is 28.9 Å². The van der Waals surface area contributed by atoms with Crippen LogP contribution in [-0.4, -0.2) is 11.6 Å². The second-order valence-electron chi connectivity index (χ2n) is 4.73. The molecule has 0 aliphatic heterocycles. The number of nitrogens with zero attached hydrogens (tertiary/aromatic N) is 1. The maximum atomic E-state index is 3.66. The van der Waals surface area contributed by atoms with E-state index in [4.69, 9.17) is 0 Å². The molecule has 3 heteroatoms. The molecule has 92 valence electrons. The van der Waals surface area contributed by atoms with E-state index in [1.165, 1.54) is 20.9 Å². The maximum absolute atomic E-state index is 3.66. The SMILES string of the molecule is CNC(C)c1cn(C(C)C)c2c(Br)cccc12. The summed E-state index contributed by atoms with van der Waals surface area (Å²) in [6.07, 6.45) is 2.27. The van der Waals surface area contributed by atoms with E-state index in [2.05, 4.69) is 71.0 Å². The van der Waals surface area contributed by atoms with Gasteiger partial charge in [0.15, 0.2) is 0 Å². The van der Waals surface area contributed by atoms with Crippen LogP contribution in [0.25, 0.3) is 10.9 Å². The van der Waals surface area contributed by atoms with Crippen LogP contribution < -0.4 is 5.32 Å². The molecule has 1 atom stereocenters. The van der Waals surface area contributed by atoms with Crippen molar-refractivity contribution in [3.8, 4) is 0 Å². The van der Waals surface area contributed by atoms with Gasteiger partial charge in [0.25, 0.3) is 0 Å². The fourth-order valence-electron chi connectivity index (χ4n) is 2.20. The van der Waals surface area contributed by atoms with E-state index in [0.29, 0.717) is 12.1 Å². The normalized spacial score (nSPS) is 13.5. The van der Waals surface area contributed by atoms with Gasteiger partial charge in [0.2, 0.25) is 0 Å². The molecule has 1 N–H and O–H groups in total. The Balaban J connectivity index is 2.75. The molecule has 0 aliphatic carbocycles. The molecule has 0 spiro atoms. The average Bonchev–Trinajstić information content (AvgIpc) is 2.69. The van der Waals surface area contributed by atoms with Gasteiger partial charge in [-0.3, -0.25) is 0 Å². The minimum atomic E-state index is 0.367. The van der Waals surface area contributed by atoms with Crippen LogP contribution >= 0.6 is 15.9 Å². The van der Waals surface area contributed by atoms with Crippen molar-refractivity contribution in [1.82, 2.24) is 9.88 Å². The Labute approximate surface area is 111 Å². The highest BCUT2D eigenvalue weighted by molar-refractivity contribution is 9.10. The van der Waals surface area contributed by atoms with Crippen molar-refractivity contribution in [3.63, 3.8) is 0 Å².